The summed E-state index contributed by atoms with van der Waals surface area (Å²) in [5, 5.41) is 4.39. The van der Waals surface area contributed by atoms with Gasteiger partial charge in [-0.05, 0) is 31.5 Å². The van der Waals surface area contributed by atoms with Crippen LogP contribution in [0.25, 0.3) is 0 Å². The molecule has 7 nitrogen and oxygen atoms in total. The Bertz CT molecular complexity index is 765. The van der Waals surface area contributed by atoms with Crippen molar-refractivity contribution in [1.82, 2.24) is 19.4 Å². The smallest absolute Gasteiger partial charge is 0.208 e. The number of aromatic nitrogens is 2. The molecular weight excluding hydrogens is 316 g/mol. The Morgan fingerprint density at radius 3 is 2.91 bits per heavy atom. The summed E-state index contributed by atoms with van der Waals surface area (Å²) < 4.78 is 32.7. The number of aryl methyl sites for hydroxylation is 1. The molecule has 0 saturated heterocycles. The third-order valence-electron chi connectivity index (χ3n) is 3.97. The summed E-state index contributed by atoms with van der Waals surface area (Å²) in [6.45, 7) is 4.73. The van der Waals surface area contributed by atoms with Gasteiger partial charge in [0.15, 0.2) is 0 Å². The molecule has 0 aromatic carbocycles. The van der Waals surface area contributed by atoms with E-state index in [1.807, 2.05) is 29.8 Å². The van der Waals surface area contributed by atoms with E-state index in [1.54, 1.807) is 6.20 Å². The SMILES string of the molecule is Cc1ccc(CN2Cc3ccnn3C(CCNS(C)(=O)=O)C2)o1. The third-order valence-corrected chi connectivity index (χ3v) is 4.70. The van der Waals surface area contributed by atoms with Crippen LogP contribution in [0.1, 0.15) is 29.7 Å². The Balaban J connectivity index is 1.67. The van der Waals surface area contributed by atoms with Crippen molar-refractivity contribution < 1.29 is 12.8 Å². The normalized spacial score (nSPS) is 19.0. The minimum Gasteiger partial charge on any atom is -0.465 e. The van der Waals surface area contributed by atoms with Crippen molar-refractivity contribution in [1.29, 1.82) is 0 Å². The van der Waals surface area contributed by atoms with E-state index in [9.17, 15) is 8.42 Å². The molecular formula is C15H22N4O3S. The molecule has 126 valence electrons. The van der Waals surface area contributed by atoms with Crippen LogP contribution in [0.15, 0.2) is 28.8 Å². The average molecular weight is 338 g/mol. The van der Waals surface area contributed by atoms with E-state index in [-0.39, 0.29) is 6.04 Å². The van der Waals surface area contributed by atoms with Gasteiger partial charge in [0.2, 0.25) is 10.0 Å². The van der Waals surface area contributed by atoms with Crippen LogP contribution in [-0.4, -0.2) is 42.4 Å². The largest absolute Gasteiger partial charge is 0.465 e. The Morgan fingerprint density at radius 2 is 2.22 bits per heavy atom. The van der Waals surface area contributed by atoms with E-state index in [1.165, 1.54) is 6.26 Å². The lowest BCUT2D eigenvalue weighted by molar-refractivity contribution is 0.151. The first-order chi connectivity index (χ1) is 10.9. The van der Waals surface area contributed by atoms with E-state index in [4.69, 9.17) is 4.42 Å². The Morgan fingerprint density at radius 1 is 1.39 bits per heavy atom. The fourth-order valence-electron chi connectivity index (χ4n) is 3.00. The van der Waals surface area contributed by atoms with Crippen LogP contribution in [0.4, 0.5) is 0 Å². The van der Waals surface area contributed by atoms with Gasteiger partial charge in [0.05, 0.1) is 24.5 Å². The summed E-state index contributed by atoms with van der Waals surface area (Å²) in [5.41, 5.74) is 1.14. The number of hydrogen-bond donors (Lipinski definition) is 1. The number of hydrogen-bond acceptors (Lipinski definition) is 5. The van der Waals surface area contributed by atoms with Crippen molar-refractivity contribution >= 4 is 10.0 Å². The van der Waals surface area contributed by atoms with E-state index in [0.717, 1.165) is 36.8 Å². The van der Waals surface area contributed by atoms with Gasteiger partial charge in [-0.3, -0.25) is 9.58 Å². The van der Waals surface area contributed by atoms with Crippen molar-refractivity contribution in [3.63, 3.8) is 0 Å². The lowest BCUT2D eigenvalue weighted by Crippen LogP contribution is -2.38. The topological polar surface area (TPSA) is 80.4 Å². The molecule has 23 heavy (non-hydrogen) atoms. The number of fused-ring (bicyclic) bond motifs is 1. The first-order valence-corrected chi connectivity index (χ1v) is 9.54. The molecule has 2 aromatic heterocycles. The van der Waals surface area contributed by atoms with E-state index < -0.39 is 10.0 Å². The fraction of sp³-hybridized carbons (Fsp3) is 0.533. The minimum atomic E-state index is -3.16. The maximum absolute atomic E-state index is 11.2. The van der Waals surface area contributed by atoms with Gasteiger partial charge < -0.3 is 4.42 Å². The highest BCUT2D eigenvalue weighted by Crippen LogP contribution is 2.24. The van der Waals surface area contributed by atoms with Crippen LogP contribution in [0, 0.1) is 6.92 Å². The monoisotopic (exact) mass is 338 g/mol. The minimum absolute atomic E-state index is 0.152. The molecule has 0 aliphatic carbocycles. The molecule has 0 radical (unpaired) electrons. The van der Waals surface area contributed by atoms with Crippen molar-refractivity contribution in [2.75, 3.05) is 19.3 Å². The van der Waals surface area contributed by atoms with Crippen LogP contribution in [0.2, 0.25) is 0 Å². The number of rotatable bonds is 6. The van der Waals surface area contributed by atoms with Crippen molar-refractivity contribution in [3.8, 4) is 0 Å². The second-order valence-electron chi connectivity index (χ2n) is 6.06. The maximum atomic E-state index is 11.2. The van der Waals surface area contributed by atoms with Crippen LogP contribution in [-0.2, 0) is 23.1 Å². The Kier molecular flexibility index (Phi) is 4.56. The predicted molar refractivity (Wildman–Crippen MR) is 86.3 cm³/mol. The van der Waals surface area contributed by atoms with Crippen LogP contribution >= 0.6 is 0 Å². The van der Waals surface area contributed by atoms with E-state index >= 15 is 0 Å². The Hall–Kier alpha value is -1.64. The zero-order valence-corrected chi connectivity index (χ0v) is 14.2. The van der Waals surface area contributed by atoms with Gasteiger partial charge in [0.1, 0.15) is 11.5 Å². The van der Waals surface area contributed by atoms with Crippen molar-refractivity contribution in [2.45, 2.75) is 32.5 Å². The molecule has 0 spiro atoms. The number of furan rings is 1. The molecule has 3 heterocycles. The molecule has 3 rings (SSSR count). The van der Waals surface area contributed by atoms with Gasteiger partial charge in [-0.15, -0.1) is 0 Å². The number of sulfonamides is 1. The molecule has 0 saturated carbocycles. The quantitative estimate of drug-likeness (QED) is 0.858. The third kappa shape index (κ3) is 4.21. The molecule has 8 heteroatoms. The zero-order chi connectivity index (χ0) is 16.4. The van der Waals surface area contributed by atoms with Crippen molar-refractivity contribution in [3.05, 3.63) is 41.6 Å². The van der Waals surface area contributed by atoms with E-state index in [2.05, 4.69) is 14.7 Å². The zero-order valence-electron chi connectivity index (χ0n) is 13.4. The lowest BCUT2D eigenvalue weighted by Gasteiger charge is -2.33. The predicted octanol–water partition coefficient (Wildman–Crippen LogP) is 1.28. The summed E-state index contributed by atoms with van der Waals surface area (Å²) in [5.74, 6) is 1.86. The van der Waals surface area contributed by atoms with Crippen molar-refractivity contribution in [2.24, 2.45) is 0 Å². The second kappa shape index (κ2) is 6.46. The summed E-state index contributed by atoms with van der Waals surface area (Å²) in [7, 11) is -3.16. The molecule has 1 atom stereocenters. The average Bonchev–Trinajstić information content (AvgIpc) is 3.06. The molecule has 1 aliphatic rings. The highest BCUT2D eigenvalue weighted by molar-refractivity contribution is 7.88. The van der Waals surface area contributed by atoms with Gasteiger partial charge in [0, 0.05) is 25.8 Å². The first kappa shape index (κ1) is 16.2. The fourth-order valence-corrected chi connectivity index (χ4v) is 3.49. The lowest BCUT2D eigenvalue weighted by atomic mass is 10.1. The van der Waals surface area contributed by atoms with Gasteiger partial charge in [-0.1, -0.05) is 0 Å². The molecule has 2 aromatic rings. The number of nitrogens with zero attached hydrogens (tertiary/aromatic N) is 3. The van der Waals surface area contributed by atoms with Gasteiger partial charge in [0.25, 0.3) is 0 Å². The molecule has 1 aliphatic heterocycles. The molecule has 0 fully saturated rings. The standard InChI is InChI=1S/C15H22N4O3S/c1-12-3-4-15(22-12)11-18-9-13-5-7-16-19(13)14(10-18)6-8-17-23(2,20)21/h3-5,7,14,17H,6,8-11H2,1-2H3. The molecule has 1 N–H and O–H groups in total. The highest BCUT2D eigenvalue weighted by atomic mass is 32.2. The van der Waals surface area contributed by atoms with Gasteiger partial charge >= 0.3 is 0 Å². The van der Waals surface area contributed by atoms with E-state index in [0.29, 0.717) is 13.0 Å². The number of nitrogens with one attached hydrogen (secondary N) is 1. The summed E-state index contributed by atoms with van der Waals surface area (Å²) in [6.07, 6.45) is 3.68. The molecule has 1 unspecified atom stereocenters. The van der Waals surface area contributed by atoms with Gasteiger partial charge in [-0.2, -0.15) is 5.10 Å². The summed E-state index contributed by atoms with van der Waals surface area (Å²) in [4.78, 5) is 2.31. The maximum Gasteiger partial charge on any atom is 0.208 e. The molecule has 0 bridgehead atoms. The van der Waals surface area contributed by atoms with Crippen LogP contribution in [0.5, 0.6) is 0 Å². The van der Waals surface area contributed by atoms with Crippen LogP contribution in [0.3, 0.4) is 0 Å². The second-order valence-corrected chi connectivity index (χ2v) is 7.89. The first-order valence-electron chi connectivity index (χ1n) is 7.65. The Labute approximate surface area is 136 Å². The van der Waals surface area contributed by atoms with Crippen LogP contribution < -0.4 is 4.72 Å². The molecule has 0 amide bonds. The summed E-state index contributed by atoms with van der Waals surface area (Å²) >= 11 is 0. The highest BCUT2D eigenvalue weighted by Gasteiger charge is 2.26. The van der Waals surface area contributed by atoms with Gasteiger partial charge in [-0.25, -0.2) is 13.1 Å². The summed E-state index contributed by atoms with van der Waals surface area (Å²) in [6, 6.07) is 6.13.